The molecular formula is C57H81F2N9O12. The minimum absolute atomic E-state index is 0.0610. The van der Waals surface area contributed by atoms with Crippen molar-refractivity contribution in [2.45, 2.75) is 168 Å². The SMILES string of the molecule is CCCCCC[C@H](NC(C)=O)C(=O)N[C@@H](C)C(=O)C[C@@H](C)C(=O)N[C@@H](CC(N)=O)C(=O)N[C@@H](CCN(C(=O)CO)[C@@H](c1cc(-c2cc(F)ccc2F)cn1Cc1ccccc1)C(C)(C)C)C(=O)NCCCC(=O)CC[C@H](N)C(=O)O. The van der Waals surface area contributed by atoms with Gasteiger partial charge in [0.2, 0.25) is 41.4 Å². The summed E-state index contributed by atoms with van der Waals surface area (Å²) in [4.78, 5) is 132. The first-order chi connectivity index (χ1) is 37.7. The Labute approximate surface area is 466 Å². The van der Waals surface area contributed by atoms with Crippen LogP contribution in [0.3, 0.4) is 0 Å². The van der Waals surface area contributed by atoms with Crippen molar-refractivity contribution >= 4 is 58.9 Å². The van der Waals surface area contributed by atoms with E-state index in [2.05, 4.69) is 26.6 Å². The zero-order chi connectivity index (χ0) is 59.9. The number of nitrogens with zero attached hydrogens (tertiary/aromatic N) is 2. The number of primary amides is 1. The number of carboxylic acids is 1. The molecule has 0 fully saturated rings. The molecule has 23 heteroatoms. The van der Waals surface area contributed by atoms with Gasteiger partial charge in [0.05, 0.1) is 18.5 Å². The molecule has 3 aromatic rings. The maximum absolute atomic E-state index is 15.4. The summed E-state index contributed by atoms with van der Waals surface area (Å²) < 4.78 is 31.8. The molecule has 0 unspecified atom stereocenters. The minimum atomic E-state index is -1.72. The van der Waals surface area contributed by atoms with Crippen LogP contribution in [-0.4, -0.2) is 128 Å². The number of aromatic nitrogens is 1. The van der Waals surface area contributed by atoms with Gasteiger partial charge in [0.15, 0.2) is 5.78 Å². The highest BCUT2D eigenvalue weighted by atomic mass is 19.1. The van der Waals surface area contributed by atoms with Crippen molar-refractivity contribution in [2.75, 3.05) is 19.7 Å². The normalized spacial score (nSPS) is 14.0. The number of hydrogen-bond donors (Lipinski definition) is 9. The standard InChI is InChI=1S/C57H81F2N9O12/c1-8-9-10-14-19-44(64-36(4)70)54(77)63-35(3)48(72)27-34(2)52(75)66-46(30-49(61)73)55(78)65-45(53(76)62-25-15-18-40(71)21-23-43(60)56(79)80)24-26-68(50(74)33-69)51(57(5,6)7)47-28-38(41-29-39(58)20-22-42(41)59)32-67(47)31-37-16-12-11-13-17-37/h11-13,16-17,20,22,28-29,32,34-35,43-46,51,69H,8-10,14-15,18-19,21,23-27,30-31,33,60H2,1-7H3,(H2,61,73)(H,62,76)(H,63,77)(H,64,70)(H,65,78)(H,66,75)(H,79,80)/t34-,35+,43+,44+,45+,46+,51+/m1/s1. The van der Waals surface area contributed by atoms with Gasteiger partial charge in [-0.05, 0) is 67.9 Å². The molecule has 1 aromatic heterocycles. The van der Waals surface area contributed by atoms with E-state index in [-0.39, 0.29) is 68.6 Å². The Morgan fingerprint density at radius 1 is 0.750 bits per heavy atom. The molecule has 0 saturated heterocycles. The van der Waals surface area contributed by atoms with Gasteiger partial charge in [-0.15, -0.1) is 0 Å². The number of aliphatic hydroxyl groups excluding tert-OH is 1. The van der Waals surface area contributed by atoms with Gasteiger partial charge in [-0.1, -0.05) is 90.6 Å². The number of amides is 7. The summed E-state index contributed by atoms with van der Waals surface area (Å²) in [6.45, 7) is 10.2. The predicted octanol–water partition coefficient (Wildman–Crippen LogP) is 3.86. The van der Waals surface area contributed by atoms with Gasteiger partial charge in [0.1, 0.15) is 48.2 Å². The average Bonchev–Trinajstić information content (AvgIpc) is 3.82. The van der Waals surface area contributed by atoms with Gasteiger partial charge in [0.25, 0.3) is 0 Å². The summed E-state index contributed by atoms with van der Waals surface area (Å²) in [6, 6.07) is 6.32. The zero-order valence-corrected chi connectivity index (χ0v) is 46.9. The fourth-order valence-electron chi connectivity index (χ4n) is 9.07. The fourth-order valence-corrected chi connectivity index (χ4v) is 9.07. The van der Waals surface area contributed by atoms with Gasteiger partial charge < -0.3 is 57.7 Å². The topological polar surface area (TPSA) is 332 Å². The van der Waals surface area contributed by atoms with E-state index < -0.39 is 132 Å². The van der Waals surface area contributed by atoms with Crippen molar-refractivity contribution in [3.63, 3.8) is 0 Å². The molecule has 0 aliphatic heterocycles. The molecule has 0 aliphatic rings. The number of carboxylic acid groups (broad SMARTS) is 1. The molecule has 80 heavy (non-hydrogen) atoms. The third kappa shape index (κ3) is 22.0. The fraction of sp³-hybridized carbons (Fsp3) is 0.544. The number of unbranched alkanes of at least 4 members (excludes halogenated alkanes) is 3. The van der Waals surface area contributed by atoms with Crippen LogP contribution in [0.2, 0.25) is 0 Å². The minimum Gasteiger partial charge on any atom is -0.480 e. The number of ketones is 2. The van der Waals surface area contributed by atoms with E-state index in [0.717, 1.165) is 43.0 Å². The smallest absolute Gasteiger partial charge is 0.320 e. The second-order valence-electron chi connectivity index (χ2n) is 21.3. The van der Waals surface area contributed by atoms with Crippen molar-refractivity contribution in [1.29, 1.82) is 0 Å². The number of carbonyl (C=O) groups is 10. The third-order valence-electron chi connectivity index (χ3n) is 13.4. The van der Waals surface area contributed by atoms with Gasteiger partial charge in [-0.2, -0.15) is 0 Å². The molecule has 7 atom stereocenters. The van der Waals surface area contributed by atoms with E-state index in [0.29, 0.717) is 18.5 Å². The van der Waals surface area contributed by atoms with Crippen molar-refractivity contribution in [2.24, 2.45) is 22.8 Å². The van der Waals surface area contributed by atoms with Crippen LogP contribution < -0.4 is 38.1 Å². The molecule has 7 amide bonds. The second-order valence-corrected chi connectivity index (χ2v) is 21.3. The first kappa shape index (κ1) is 66.9. The Bertz CT molecular complexity index is 2620. The first-order valence-electron chi connectivity index (χ1n) is 27.0. The molecule has 21 nitrogen and oxygen atoms in total. The Morgan fingerprint density at radius 3 is 2.01 bits per heavy atom. The lowest BCUT2D eigenvalue weighted by Gasteiger charge is -2.41. The molecule has 0 aliphatic carbocycles. The quantitative estimate of drug-likeness (QED) is 0.0379. The van der Waals surface area contributed by atoms with E-state index in [4.69, 9.17) is 16.6 Å². The summed E-state index contributed by atoms with van der Waals surface area (Å²) in [7, 11) is 0. The first-order valence-corrected chi connectivity index (χ1v) is 27.0. The van der Waals surface area contributed by atoms with Crippen molar-refractivity contribution in [3.05, 3.63) is 83.7 Å². The van der Waals surface area contributed by atoms with E-state index in [1.54, 1.807) is 16.8 Å². The highest BCUT2D eigenvalue weighted by molar-refractivity contribution is 5.97. The Balaban J connectivity index is 1.98. The number of halogens is 2. The van der Waals surface area contributed by atoms with E-state index >= 15 is 4.39 Å². The molecule has 11 N–H and O–H groups in total. The highest BCUT2D eigenvalue weighted by Gasteiger charge is 2.39. The molecular weight excluding hydrogens is 1040 g/mol. The Kier molecular flexibility index (Phi) is 27.3. The number of nitrogens with two attached hydrogens (primary N) is 2. The van der Waals surface area contributed by atoms with Crippen LogP contribution in [0.5, 0.6) is 0 Å². The number of benzene rings is 2. The van der Waals surface area contributed by atoms with Gasteiger partial charge in [-0.3, -0.25) is 47.9 Å². The molecule has 0 spiro atoms. The van der Waals surface area contributed by atoms with Crippen LogP contribution in [0.25, 0.3) is 11.1 Å². The number of carbonyl (C=O) groups excluding carboxylic acids is 9. The number of rotatable bonds is 35. The van der Waals surface area contributed by atoms with Crippen molar-refractivity contribution < 1.29 is 66.9 Å². The maximum Gasteiger partial charge on any atom is 0.320 e. The van der Waals surface area contributed by atoms with Crippen LogP contribution in [0.1, 0.15) is 143 Å². The number of aliphatic hydroxyl groups is 1. The Morgan fingerprint density at radius 2 is 1.40 bits per heavy atom. The van der Waals surface area contributed by atoms with Crippen molar-refractivity contribution in [1.82, 2.24) is 36.1 Å². The summed E-state index contributed by atoms with van der Waals surface area (Å²) in [5, 5.41) is 32.4. The maximum atomic E-state index is 15.4. The lowest BCUT2D eigenvalue weighted by molar-refractivity contribution is -0.140. The number of nitrogens with one attached hydrogen (secondary N) is 5. The highest BCUT2D eigenvalue weighted by Crippen LogP contribution is 2.41. The number of hydrogen-bond acceptors (Lipinski definition) is 12. The molecule has 1 heterocycles. The number of Topliss-reactive ketones (excluding diaryl/α,β-unsaturated/α-hetero) is 2. The zero-order valence-electron chi connectivity index (χ0n) is 46.9. The van der Waals surface area contributed by atoms with Crippen molar-refractivity contribution in [3.8, 4) is 11.1 Å². The number of aliphatic carboxylic acids is 1. The molecule has 0 bridgehead atoms. The van der Waals surface area contributed by atoms with E-state index in [1.807, 2.05) is 58.0 Å². The molecule has 2 aromatic carbocycles. The lowest BCUT2D eigenvalue weighted by atomic mass is 9.82. The third-order valence-corrected chi connectivity index (χ3v) is 13.4. The lowest BCUT2D eigenvalue weighted by Crippen LogP contribution is -2.56. The molecule has 440 valence electrons. The van der Waals surface area contributed by atoms with Gasteiger partial charge in [-0.25, -0.2) is 8.78 Å². The van der Waals surface area contributed by atoms with Gasteiger partial charge in [0, 0.05) is 74.8 Å². The summed E-state index contributed by atoms with van der Waals surface area (Å²) in [5.74, 6) is -10.3. The average molecular weight is 1120 g/mol. The van der Waals surface area contributed by atoms with Crippen LogP contribution >= 0.6 is 0 Å². The summed E-state index contributed by atoms with van der Waals surface area (Å²) >= 11 is 0. The molecule has 0 saturated carbocycles. The Hall–Kier alpha value is -7.40. The molecule has 0 radical (unpaired) electrons. The monoisotopic (exact) mass is 1120 g/mol. The van der Waals surface area contributed by atoms with Crippen LogP contribution in [-0.2, 0) is 54.5 Å². The van der Waals surface area contributed by atoms with E-state index in [9.17, 15) is 57.4 Å². The largest absolute Gasteiger partial charge is 0.480 e. The van der Waals surface area contributed by atoms with Crippen LogP contribution in [0.15, 0.2) is 60.8 Å². The van der Waals surface area contributed by atoms with Gasteiger partial charge >= 0.3 is 5.97 Å². The van der Waals surface area contributed by atoms with E-state index in [1.165, 1.54) is 25.7 Å². The van der Waals surface area contributed by atoms with Crippen LogP contribution in [0, 0.1) is 23.0 Å². The molecule has 3 rings (SSSR count). The summed E-state index contributed by atoms with van der Waals surface area (Å²) in [6.07, 6.45) is 3.53. The summed E-state index contributed by atoms with van der Waals surface area (Å²) in [5.41, 5.74) is 11.6. The van der Waals surface area contributed by atoms with Crippen LogP contribution in [0.4, 0.5) is 8.78 Å². The second kappa shape index (κ2) is 32.6. The predicted molar refractivity (Wildman–Crippen MR) is 293 cm³/mol.